The number of carbonyl (C=O) groups excluding carboxylic acids is 1. The van der Waals surface area contributed by atoms with E-state index < -0.39 is 0 Å². The number of aryl methyl sites for hydroxylation is 2. The number of amides is 1. The van der Waals surface area contributed by atoms with Crippen LogP contribution >= 0.6 is 0 Å². The molecule has 0 bridgehead atoms. The van der Waals surface area contributed by atoms with Gasteiger partial charge in [-0.25, -0.2) is 0 Å². The van der Waals surface area contributed by atoms with Gasteiger partial charge in [0.2, 0.25) is 5.91 Å². The molecule has 7 heteroatoms. The average Bonchev–Trinajstić information content (AvgIpc) is 3.25. The van der Waals surface area contributed by atoms with Gasteiger partial charge in [-0.15, -0.1) is 0 Å². The Balaban J connectivity index is 1.56. The van der Waals surface area contributed by atoms with Gasteiger partial charge in [0.25, 0.3) is 0 Å². The quantitative estimate of drug-likeness (QED) is 0.784. The van der Waals surface area contributed by atoms with Gasteiger partial charge in [-0.05, 0) is 44.4 Å². The Kier molecular flexibility index (Phi) is 6.11. The molecule has 2 aromatic rings. The van der Waals surface area contributed by atoms with Crippen LogP contribution in [0.1, 0.15) is 35.6 Å². The standard InChI is InChI=1S/C19H28N4O3/c1-14-18(15(2)21-20-14)5-6-19(25)23-9-8-22(16(12-23)7-10-24)13-17-4-3-11-26-17/h3-4,11,16,24H,5-10,12-13H2,1-2H3,(H,20,21). The van der Waals surface area contributed by atoms with E-state index in [1.54, 1.807) is 6.26 Å². The lowest BCUT2D eigenvalue weighted by Gasteiger charge is -2.41. The number of carbonyl (C=O) groups is 1. The van der Waals surface area contributed by atoms with Crippen LogP contribution in [0.25, 0.3) is 0 Å². The SMILES string of the molecule is Cc1n[nH]c(C)c1CCC(=O)N1CCN(Cc2ccco2)C(CCO)C1. The maximum absolute atomic E-state index is 12.7. The number of furan rings is 1. The molecule has 1 fully saturated rings. The highest BCUT2D eigenvalue weighted by atomic mass is 16.3. The highest BCUT2D eigenvalue weighted by Crippen LogP contribution is 2.19. The summed E-state index contributed by atoms with van der Waals surface area (Å²) in [6, 6.07) is 4.00. The second-order valence-corrected chi connectivity index (χ2v) is 6.97. The summed E-state index contributed by atoms with van der Waals surface area (Å²) in [4.78, 5) is 16.9. The minimum Gasteiger partial charge on any atom is -0.468 e. The van der Waals surface area contributed by atoms with Crippen molar-refractivity contribution in [3.8, 4) is 0 Å². The highest BCUT2D eigenvalue weighted by Gasteiger charge is 2.29. The van der Waals surface area contributed by atoms with Crippen molar-refractivity contribution >= 4 is 5.91 Å². The van der Waals surface area contributed by atoms with E-state index in [0.717, 1.165) is 29.3 Å². The van der Waals surface area contributed by atoms with Gasteiger partial charge in [0, 0.05) is 44.4 Å². The van der Waals surface area contributed by atoms with Crippen LogP contribution < -0.4 is 0 Å². The summed E-state index contributed by atoms with van der Waals surface area (Å²) >= 11 is 0. The Hall–Kier alpha value is -2.12. The topological polar surface area (TPSA) is 85.6 Å². The van der Waals surface area contributed by atoms with Crippen LogP contribution in [0.2, 0.25) is 0 Å². The number of nitrogens with one attached hydrogen (secondary N) is 1. The summed E-state index contributed by atoms with van der Waals surface area (Å²) in [5.74, 6) is 1.09. The normalized spacial score (nSPS) is 18.4. The fourth-order valence-electron chi connectivity index (χ4n) is 3.69. The molecular weight excluding hydrogens is 332 g/mol. The molecule has 3 rings (SSSR count). The van der Waals surface area contributed by atoms with Crippen LogP contribution in [-0.2, 0) is 17.8 Å². The summed E-state index contributed by atoms with van der Waals surface area (Å²) in [5, 5.41) is 16.6. The van der Waals surface area contributed by atoms with E-state index in [-0.39, 0.29) is 18.6 Å². The number of aliphatic hydroxyl groups excluding tert-OH is 1. The van der Waals surface area contributed by atoms with E-state index >= 15 is 0 Å². The molecule has 1 amide bonds. The number of hydrogen-bond donors (Lipinski definition) is 2. The molecule has 1 atom stereocenters. The average molecular weight is 360 g/mol. The van der Waals surface area contributed by atoms with Gasteiger partial charge >= 0.3 is 0 Å². The predicted octanol–water partition coefficient (Wildman–Crippen LogP) is 1.65. The Morgan fingerprint density at radius 3 is 2.92 bits per heavy atom. The molecule has 1 unspecified atom stereocenters. The van der Waals surface area contributed by atoms with Crippen LogP contribution in [-0.4, -0.2) is 63.3 Å². The van der Waals surface area contributed by atoms with Gasteiger partial charge in [0.1, 0.15) is 5.76 Å². The Morgan fingerprint density at radius 2 is 2.27 bits per heavy atom. The van der Waals surface area contributed by atoms with E-state index in [0.29, 0.717) is 38.9 Å². The highest BCUT2D eigenvalue weighted by molar-refractivity contribution is 5.76. The van der Waals surface area contributed by atoms with Crippen molar-refractivity contribution < 1.29 is 14.3 Å². The van der Waals surface area contributed by atoms with Crippen molar-refractivity contribution in [3.05, 3.63) is 41.1 Å². The number of aromatic nitrogens is 2. The van der Waals surface area contributed by atoms with E-state index in [2.05, 4.69) is 15.1 Å². The lowest BCUT2D eigenvalue weighted by atomic mass is 10.1. The van der Waals surface area contributed by atoms with Crippen molar-refractivity contribution in [1.29, 1.82) is 0 Å². The first-order chi connectivity index (χ1) is 12.6. The fourth-order valence-corrected chi connectivity index (χ4v) is 3.69. The van der Waals surface area contributed by atoms with Crippen molar-refractivity contribution in [2.45, 2.75) is 45.7 Å². The molecule has 0 radical (unpaired) electrons. The van der Waals surface area contributed by atoms with Crippen LogP contribution in [0.4, 0.5) is 0 Å². The second kappa shape index (κ2) is 8.51. The van der Waals surface area contributed by atoms with E-state index in [9.17, 15) is 9.90 Å². The summed E-state index contributed by atoms with van der Waals surface area (Å²) in [7, 11) is 0. The Bertz CT molecular complexity index is 691. The zero-order chi connectivity index (χ0) is 18.5. The minimum absolute atomic E-state index is 0.120. The van der Waals surface area contributed by atoms with Crippen molar-refractivity contribution in [1.82, 2.24) is 20.0 Å². The number of hydrogen-bond acceptors (Lipinski definition) is 5. The third kappa shape index (κ3) is 4.34. The number of piperazine rings is 1. The summed E-state index contributed by atoms with van der Waals surface area (Å²) < 4.78 is 5.45. The number of rotatable bonds is 7. The molecule has 0 saturated carbocycles. The van der Waals surface area contributed by atoms with Crippen molar-refractivity contribution in [2.75, 3.05) is 26.2 Å². The molecule has 7 nitrogen and oxygen atoms in total. The number of H-pyrrole nitrogens is 1. The molecule has 1 aliphatic rings. The van der Waals surface area contributed by atoms with Gasteiger partial charge < -0.3 is 14.4 Å². The van der Waals surface area contributed by atoms with E-state index in [1.807, 2.05) is 30.9 Å². The molecular formula is C19H28N4O3. The van der Waals surface area contributed by atoms with E-state index in [4.69, 9.17) is 4.42 Å². The van der Waals surface area contributed by atoms with Gasteiger partial charge in [-0.1, -0.05) is 0 Å². The molecule has 2 aromatic heterocycles. The monoisotopic (exact) mass is 360 g/mol. The lowest BCUT2D eigenvalue weighted by molar-refractivity contribution is -0.134. The van der Waals surface area contributed by atoms with Crippen LogP contribution in [0, 0.1) is 13.8 Å². The fraction of sp³-hybridized carbons (Fsp3) is 0.579. The van der Waals surface area contributed by atoms with Gasteiger partial charge in [0.05, 0.1) is 18.5 Å². The van der Waals surface area contributed by atoms with Gasteiger partial charge in [-0.3, -0.25) is 14.8 Å². The smallest absolute Gasteiger partial charge is 0.223 e. The molecule has 142 valence electrons. The molecule has 0 aliphatic carbocycles. The zero-order valence-corrected chi connectivity index (χ0v) is 15.6. The van der Waals surface area contributed by atoms with Crippen molar-refractivity contribution in [3.63, 3.8) is 0 Å². The minimum atomic E-state index is 0.120. The van der Waals surface area contributed by atoms with Crippen LogP contribution in [0.3, 0.4) is 0 Å². The first kappa shape index (κ1) is 18.7. The first-order valence-corrected chi connectivity index (χ1v) is 9.24. The lowest BCUT2D eigenvalue weighted by Crippen LogP contribution is -2.54. The molecule has 1 aliphatic heterocycles. The summed E-state index contributed by atoms with van der Waals surface area (Å²) in [6.45, 7) is 6.95. The summed E-state index contributed by atoms with van der Waals surface area (Å²) in [6.07, 6.45) is 3.54. The maximum atomic E-state index is 12.7. The zero-order valence-electron chi connectivity index (χ0n) is 15.6. The van der Waals surface area contributed by atoms with Gasteiger partial charge in [-0.2, -0.15) is 5.10 Å². The number of aromatic amines is 1. The maximum Gasteiger partial charge on any atom is 0.223 e. The third-order valence-corrected chi connectivity index (χ3v) is 5.23. The number of aliphatic hydroxyl groups is 1. The van der Waals surface area contributed by atoms with Crippen molar-refractivity contribution in [2.24, 2.45) is 0 Å². The molecule has 2 N–H and O–H groups in total. The first-order valence-electron chi connectivity index (χ1n) is 9.24. The second-order valence-electron chi connectivity index (χ2n) is 6.97. The molecule has 1 saturated heterocycles. The molecule has 3 heterocycles. The predicted molar refractivity (Wildman–Crippen MR) is 97.6 cm³/mol. The molecule has 26 heavy (non-hydrogen) atoms. The Morgan fingerprint density at radius 1 is 1.42 bits per heavy atom. The summed E-state index contributed by atoms with van der Waals surface area (Å²) in [5.41, 5.74) is 3.15. The van der Waals surface area contributed by atoms with E-state index in [1.165, 1.54) is 0 Å². The number of nitrogens with zero attached hydrogens (tertiary/aromatic N) is 3. The Labute approximate surface area is 154 Å². The van der Waals surface area contributed by atoms with Crippen LogP contribution in [0.5, 0.6) is 0 Å². The third-order valence-electron chi connectivity index (χ3n) is 5.23. The molecule has 0 spiro atoms. The van der Waals surface area contributed by atoms with Gasteiger partial charge in [0.15, 0.2) is 0 Å². The molecule has 0 aromatic carbocycles. The largest absolute Gasteiger partial charge is 0.468 e. The van der Waals surface area contributed by atoms with Crippen LogP contribution in [0.15, 0.2) is 22.8 Å².